The zero-order chi connectivity index (χ0) is 17.2. The van der Waals surface area contributed by atoms with E-state index in [-0.39, 0.29) is 5.91 Å². The fraction of sp³-hybridized carbons (Fsp3) is 0.333. The van der Waals surface area contributed by atoms with Crippen LogP contribution >= 0.6 is 11.3 Å². The maximum Gasteiger partial charge on any atom is 0.245 e. The van der Waals surface area contributed by atoms with E-state index in [4.69, 9.17) is 9.47 Å². The molecule has 0 aliphatic heterocycles. The first kappa shape index (κ1) is 18.0. The largest absolute Gasteiger partial charge is 0.493 e. The molecule has 2 rings (SSSR count). The van der Waals surface area contributed by atoms with E-state index in [9.17, 15) is 4.79 Å². The molecule has 0 saturated carbocycles. The average Bonchev–Trinajstić information content (AvgIpc) is 3.09. The minimum atomic E-state index is -0.139. The van der Waals surface area contributed by atoms with E-state index in [1.165, 1.54) is 0 Å². The van der Waals surface area contributed by atoms with Crippen molar-refractivity contribution in [3.63, 3.8) is 0 Å². The SMILES string of the molecule is CCCCOc1ccc(/C=N\NC(=O)Cc2cccs2)cc1OC. The van der Waals surface area contributed by atoms with Gasteiger partial charge in [0, 0.05) is 4.88 Å². The molecule has 0 aliphatic rings. The third-order valence-corrected chi connectivity index (χ3v) is 4.14. The van der Waals surface area contributed by atoms with Gasteiger partial charge in [-0.25, -0.2) is 5.43 Å². The van der Waals surface area contributed by atoms with Crippen LogP contribution in [0.25, 0.3) is 0 Å². The summed E-state index contributed by atoms with van der Waals surface area (Å²) in [5.41, 5.74) is 3.35. The van der Waals surface area contributed by atoms with E-state index in [0.29, 0.717) is 24.5 Å². The van der Waals surface area contributed by atoms with Crippen LogP contribution in [0.1, 0.15) is 30.2 Å². The van der Waals surface area contributed by atoms with Gasteiger partial charge in [-0.1, -0.05) is 19.4 Å². The first-order valence-electron chi connectivity index (χ1n) is 7.88. The lowest BCUT2D eigenvalue weighted by atomic mass is 10.2. The molecule has 6 heteroatoms. The van der Waals surface area contributed by atoms with Gasteiger partial charge in [0.15, 0.2) is 11.5 Å². The Hall–Kier alpha value is -2.34. The topological polar surface area (TPSA) is 59.9 Å². The van der Waals surface area contributed by atoms with Crippen molar-refractivity contribution >= 4 is 23.5 Å². The Morgan fingerprint density at radius 1 is 1.33 bits per heavy atom. The lowest BCUT2D eigenvalue weighted by Gasteiger charge is -2.10. The van der Waals surface area contributed by atoms with Crippen LogP contribution < -0.4 is 14.9 Å². The first-order chi connectivity index (χ1) is 11.7. The maximum atomic E-state index is 11.8. The smallest absolute Gasteiger partial charge is 0.245 e. The van der Waals surface area contributed by atoms with Crippen molar-refractivity contribution in [2.24, 2.45) is 5.10 Å². The summed E-state index contributed by atoms with van der Waals surface area (Å²) < 4.78 is 11.0. The number of rotatable bonds is 9. The molecule has 1 heterocycles. The molecule has 0 atom stereocenters. The van der Waals surface area contributed by atoms with E-state index in [1.807, 2.05) is 35.7 Å². The summed E-state index contributed by atoms with van der Waals surface area (Å²) in [7, 11) is 1.60. The minimum absolute atomic E-state index is 0.139. The van der Waals surface area contributed by atoms with E-state index in [1.54, 1.807) is 24.7 Å². The number of unbranched alkanes of at least 4 members (excludes halogenated alkanes) is 1. The van der Waals surface area contributed by atoms with Gasteiger partial charge < -0.3 is 9.47 Å². The molecule has 1 aromatic carbocycles. The lowest BCUT2D eigenvalue weighted by molar-refractivity contribution is -0.120. The fourth-order valence-corrected chi connectivity index (χ4v) is 2.70. The Balaban J connectivity index is 1.90. The molecular formula is C18H22N2O3S. The first-order valence-corrected chi connectivity index (χ1v) is 8.76. The van der Waals surface area contributed by atoms with Gasteiger partial charge in [-0.2, -0.15) is 5.10 Å². The zero-order valence-corrected chi connectivity index (χ0v) is 14.8. The summed E-state index contributed by atoms with van der Waals surface area (Å²) in [5, 5.41) is 5.93. The minimum Gasteiger partial charge on any atom is -0.493 e. The number of carbonyl (C=O) groups excluding carboxylic acids is 1. The molecule has 5 nitrogen and oxygen atoms in total. The molecule has 1 amide bonds. The third-order valence-electron chi connectivity index (χ3n) is 3.26. The number of benzene rings is 1. The molecule has 1 N–H and O–H groups in total. The molecule has 0 fully saturated rings. The van der Waals surface area contributed by atoms with E-state index in [2.05, 4.69) is 17.5 Å². The Labute approximate surface area is 146 Å². The van der Waals surface area contributed by atoms with Crippen LogP contribution in [0.2, 0.25) is 0 Å². The highest BCUT2D eigenvalue weighted by molar-refractivity contribution is 7.10. The average molecular weight is 346 g/mol. The van der Waals surface area contributed by atoms with Crippen LogP contribution in [0, 0.1) is 0 Å². The summed E-state index contributed by atoms with van der Waals surface area (Å²) in [6.45, 7) is 2.78. The lowest BCUT2D eigenvalue weighted by Crippen LogP contribution is -2.19. The normalized spacial score (nSPS) is 10.8. The Bertz CT molecular complexity index is 669. The highest BCUT2D eigenvalue weighted by Gasteiger charge is 2.05. The number of hydrazone groups is 1. The summed E-state index contributed by atoms with van der Waals surface area (Å²) in [5.74, 6) is 1.23. The molecule has 0 aliphatic carbocycles. The van der Waals surface area contributed by atoms with Crippen molar-refractivity contribution in [3.8, 4) is 11.5 Å². The van der Waals surface area contributed by atoms with Crippen molar-refractivity contribution in [1.82, 2.24) is 5.43 Å². The molecule has 0 saturated heterocycles. The highest BCUT2D eigenvalue weighted by Crippen LogP contribution is 2.27. The number of amides is 1. The second-order valence-corrected chi connectivity index (χ2v) is 6.19. The van der Waals surface area contributed by atoms with Gasteiger partial charge in [-0.15, -0.1) is 11.3 Å². The second kappa shape index (κ2) is 9.72. The van der Waals surface area contributed by atoms with Gasteiger partial charge in [0.1, 0.15) is 0 Å². The van der Waals surface area contributed by atoms with E-state index >= 15 is 0 Å². The number of carbonyl (C=O) groups is 1. The van der Waals surface area contributed by atoms with E-state index in [0.717, 1.165) is 23.3 Å². The molecule has 0 spiro atoms. The number of methoxy groups -OCH3 is 1. The van der Waals surface area contributed by atoms with Crippen LogP contribution in [0.4, 0.5) is 0 Å². The second-order valence-electron chi connectivity index (χ2n) is 5.16. The number of ether oxygens (including phenoxy) is 2. The molecule has 0 bridgehead atoms. The van der Waals surface area contributed by atoms with Crippen LogP contribution in [-0.4, -0.2) is 25.8 Å². The fourth-order valence-electron chi connectivity index (χ4n) is 2.00. The molecule has 1 aromatic heterocycles. The molecule has 24 heavy (non-hydrogen) atoms. The van der Waals surface area contributed by atoms with Crippen molar-refractivity contribution in [1.29, 1.82) is 0 Å². The third kappa shape index (κ3) is 5.70. The quantitative estimate of drug-likeness (QED) is 0.428. The Morgan fingerprint density at radius 2 is 2.21 bits per heavy atom. The van der Waals surface area contributed by atoms with Crippen molar-refractivity contribution in [2.45, 2.75) is 26.2 Å². The zero-order valence-electron chi connectivity index (χ0n) is 14.0. The molecular weight excluding hydrogens is 324 g/mol. The predicted molar refractivity (Wildman–Crippen MR) is 97.2 cm³/mol. The van der Waals surface area contributed by atoms with Gasteiger partial charge in [0.2, 0.25) is 5.91 Å². The Morgan fingerprint density at radius 3 is 2.92 bits per heavy atom. The summed E-state index contributed by atoms with van der Waals surface area (Å²) >= 11 is 1.55. The van der Waals surface area contributed by atoms with E-state index < -0.39 is 0 Å². The number of hydrogen-bond donors (Lipinski definition) is 1. The van der Waals surface area contributed by atoms with Crippen LogP contribution in [-0.2, 0) is 11.2 Å². The van der Waals surface area contributed by atoms with Gasteiger partial charge in [-0.3, -0.25) is 4.79 Å². The molecule has 0 unspecified atom stereocenters. The van der Waals surface area contributed by atoms with Gasteiger partial charge in [0.25, 0.3) is 0 Å². The van der Waals surface area contributed by atoms with Gasteiger partial charge >= 0.3 is 0 Å². The monoisotopic (exact) mass is 346 g/mol. The highest BCUT2D eigenvalue weighted by atomic mass is 32.1. The van der Waals surface area contributed by atoms with Crippen molar-refractivity contribution in [3.05, 3.63) is 46.2 Å². The number of thiophene rings is 1. The van der Waals surface area contributed by atoms with Gasteiger partial charge in [0.05, 0.1) is 26.4 Å². The van der Waals surface area contributed by atoms with Crippen molar-refractivity contribution < 1.29 is 14.3 Å². The van der Waals surface area contributed by atoms with Crippen LogP contribution in [0.3, 0.4) is 0 Å². The number of nitrogens with zero attached hydrogens (tertiary/aromatic N) is 1. The molecule has 2 aromatic rings. The molecule has 128 valence electrons. The van der Waals surface area contributed by atoms with Crippen LogP contribution in [0.15, 0.2) is 40.8 Å². The van der Waals surface area contributed by atoms with Gasteiger partial charge in [-0.05, 0) is 41.6 Å². The number of nitrogens with one attached hydrogen (secondary N) is 1. The maximum absolute atomic E-state index is 11.8. The standard InChI is InChI=1S/C18H22N2O3S/c1-3-4-9-23-16-8-7-14(11-17(16)22-2)13-19-20-18(21)12-15-6-5-10-24-15/h5-8,10-11,13H,3-4,9,12H2,1-2H3,(H,20,21)/b19-13-. The van der Waals surface area contributed by atoms with Crippen molar-refractivity contribution in [2.75, 3.05) is 13.7 Å². The number of hydrogen-bond acceptors (Lipinski definition) is 5. The molecule has 0 radical (unpaired) electrons. The Kier molecular flexibility index (Phi) is 7.29. The summed E-state index contributed by atoms with van der Waals surface area (Å²) in [6, 6.07) is 9.40. The van der Waals surface area contributed by atoms with Crippen LogP contribution in [0.5, 0.6) is 11.5 Å². The predicted octanol–water partition coefficient (Wildman–Crippen LogP) is 3.63. The summed E-state index contributed by atoms with van der Waals surface area (Å²) in [4.78, 5) is 12.8. The summed E-state index contributed by atoms with van der Waals surface area (Å²) in [6.07, 6.45) is 4.01.